The Bertz CT molecular complexity index is 736. The number of carbonyl (C=O) groups is 2. The van der Waals surface area contributed by atoms with Crippen molar-refractivity contribution in [3.05, 3.63) is 36.2 Å². The number of benzene rings is 1. The normalized spacial score (nSPS) is 15.1. The van der Waals surface area contributed by atoms with Crippen LogP contribution in [0.1, 0.15) is 17.3 Å². The van der Waals surface area contributed by atoms with Crippen LogP contribution in [-0.2, 0) is 4.79 Å². The highest BCUT2D eigenvalue weighted by molar-refractivity contribution is 6.01. The molecule has 1 aromatic carbocycles. The number of nitrogens with two attached hydrogens (primary N) is 1. The molecule has 6 heteroatoms. The van der Waals surface area contributed by atoms with E-state index in [1.165, 1.54) is 0 Å². The molecule has 0 saturated carbocycles. The second kappa shape index (κ2) is 5.63. The van der Waals surface area contributed by atoms with Crippen LogP contribution < -0.4 is 10.6 Å². The lowest BCUT2D eigenvalue weighted by Crippen LogP contribution is -2.48. The third-order valence-electron chi connectivity index (χ3n) is 4.09. The van der Waals surface area contributed by atoms with Crippen molar-refractivity contribution >= 4 is 28.3 Å². The molecule has 0 unspecified atom stereocenters. The standard InChI is InChI=1S/C16H18N4O2/c1-11(21)19-4-6-20(7-5-19)15-10-18-9-13-3-2-12(16(17)22)8-14(13)15/h2-3,8-10H,4-7H2,1H3,(H2,17,22). The molecule has 0 atom stereocenters. The van der Waals surface area contributed by atoms with E-state index in [2.05, 4.69) is 9.88 Å². The molecule has 1 aromatic heterocycles. The maximum atomic E-state index is 11.4. The van der Waals surface area contributed by atoms with E-state index in [9.17, 15) is 9.59 Å². The number of primary amides is 1. The Hall–Kier alpha value is -2.63. The first-order chi connectivity index (χ1) is 10.6. The summed E-state index contributed by atoms with van der Waals surface area (Å²) in [5, 5.41) is 1.93. The summed E-state index contributed by atoms with van der Waals surface area (Å²) in [5.74, 6) is -0.335. The summed E-state index contributed by atoms with van der Waals surface area (Å²) < 4.78 is 0. The molecule has 0 bridgehead atoms. The molecule has 2 amide bonds. The van der Waals surface area contributed by atoms with Gasteiger partial charge >= 0.3 is 0 Å². The summed E-state index contributed by atoms with van der Waals surface area (Å²) in [4.78, 5) is 31.1. The van der Waals surface area contributed by atoms with Gasteiger partial charge in [0.15, 0.2) is 0 Å². The number of carbonyl (C=O) groups excluding carboxylic acids is 2. The smallest absolute Gasteiger partial charge is 0.248 e. The quantitative estimate of drug-likeness (QED) is 0.897. The predicted molar refractivity (Wildman–Crippen MR) is 84.7 cm³/mol. The van der Waals surface area contributed by atoms with Crippen molar-refractivity contribution in [3.63, 3.8) is 0 Å². The molecule has 3 rings (SSSR count). The molecule has 22 heavy (non-hydrogen) atoms. The minimum absolute atomic E-state index is 0.103. The van der Waals surface area contributed by atoms with Crippen molar-refractivity contribution in [3.8, 4) is 0 Å². The molecule has 1 aliphatic heterocycles. The lowest BCUT2D eigenvalue weighted by molar-refractivity contribution is -0.129. The number of rotatable bonds is 2. The highest BCUT2D eigenvalue weighted by Crippen LogP contribution is 2.27. The lowest BCUT2D eigenvalue weighted by Gasteiger charge is -2.36. The highest BCUT2D eigenvalue weighted by Gasteiger charge is 2.20. The first-order valence-electron chi connectivity index (χ1n) is 7.24. The third-order valence-corrected chi connectivity index (χ3v) is 4.09. The Kier molecular flexibility index (Phi) is 3.66. The predicted octanol–water partition coefficient (Wildman–Crippen LogP) is 1.00. The molecule has 114 valence electrons. The molecule has 0 spiro atoms. The first-order valence-corrected chi connectivity index (χ1v) is 7.24. The molecule has 1 aliphatic rings. The zero-order valence-corrected chi connectivity index (χ0v) is 12.5. The van der Waals surface area contributed by atoms with E-state index >= 15 is 0 Å². The minimum Gasteiger partial charge on any atom is -0.366 e. The molecule has 2 heterocycles. The average molecular weight is 298 g/mol. The van der Waals surface area contributed by atoms with Crippen LogP contribution >= 0.6 is 0 Å². The monoisotopic (exact) mass is 298 g/mol. The van der Waals surface area contributed by atoms with E-state index in [0.717, 1.165) is 29.5 Å². The molecular weight excluding hydrogens is 280 g/mol. The van der Waals surface area contributed by atoms with Gasteiger partial charge in [-0.25, -0.2) is 0 Å². The summed E-state index contributed by atoms with van der Waals surface area (Å²) in [6.45, 7) is 4.49. The van der Waals surface area contributed by atoms with E-state index < -0.39 is 5.91 Å². The van der Waals surface area contributed by atoms with E-state index in [4.69, 9.17) is 5.73 Å². The van der Waals surface area contributed by atoms with E-state index in [0.29, 0.717) is 18.7 Å². The van der Waals surface area contributed by atoms with Crippen LogP contribution in [0.25, 0.3) is 10.8 Å². The van der Waals surface area contributed by atoms with E-state index in [-0.39, 0.29) is 5.91 Å². The van der Waals surface area contributed by atoms with Crippen LogP contribution in [0.4, 0.5) is 5.69 Å². The summed E-state index contributed by atoms with van der Waals surface area (Å²) in [7, 11) is 0. The number of hydrogen-bond acceptors (Lipinski definition) is 4. The van der Waals surface area contributed by atoms with Crippen molar-refractivity contribution in [2.45, 2.75) is 6.92 Å². The Morgan fingerprint density at radius 3 is 2.50 bits per heavy atom. The Balaban J connectivity index is 1.95. The molecule has 2 N–H and O–H groups in total. The number of pyridine rings is 1. The highest BCUT2D eigenvalue weighted by atomic mass is 16.2. The second-order valence-corrected chi connectivity index (χ2v) is 5.45. The number of hydrogen-bond donors (Lipinski definition) is 1. The van der Waals surface area contributed by atoms with Crippen LogP contribution in [0.15, 0.2) is 30.6 Å². The Labute approximate surface area is 128 Å². The van der Waals surface area contributed by atoms with Gasteiger partial charge in [-0.05, 0) is 12.1 Å². The molecular formula is C16H18N4O2. The van der Waals surface area contributed by atoms with Gasteiger partial charge in [-0.1, -0.05) is 6.07 Å². The van der Waals surface area contributed by atoms with Gasteiger partial charge < -0.3 is 15.5 Å². The fraction of sp³-hybridized carbons (Fsp3) is 0.312. The van der Waals surface area contributed by atoms with Crippen molar-refractivity contribution in [1.29, 1.82) is 0 Å². The van der Waals surface area contributed by atoms with Crippen molar-refractivity contribution in [2.24, 2.45) is 5.73 Å². The van der Waals surface area contributed by atoms with E-state index in [1.54, 1.807) is 25.4 Å². The lowest BCUT2D eigenvalue weighted by atomic mass is 10.1. The van der Waals surface area contributed by atoms with Crippen LogP contribution in [0.3, 0.4) is 0 Å². The van der Waals surface area contributed by atoms with Crippen LogP contribution in [0, 0.1) is 0 Å². The second-order valence-electron chi connectivity index (χ2n) is 5.45. The molecule has 1 fully saturated rings. The average Bonchev–Trinajstić information content (AvgIpc) is 2.53. The zero-order valence-electron chi connectivity index (χ0n) is 12.5. The number of amides is 2. The summed E-state index contributed by atoms with van der Waals surface area (Å²) in [6, 6.07) is 5.38. The third kappa shape index (κ3) is 2.59. The molecule has 1 saturated heterocycles. The van der Waals surface area contributed by atoms with Gasteiger partial charge in [-0.3, -0.25) is 14.6 Å². The summed E-state index contributed by atoms with van der Waals surface area (Å²) in [6.07, 6.45) is 3.58. The van der Waals surface area contributed by atoms with Gasteiger partial charge in [0.05, 0.1) is 11.9 Å². The van der Waals surface area contributed by atoms with Crippen LogP contribution in [0.5, 0.6) is 0 Å². The first kappa shape index (κ1) is 14.3. The topological polar surface area (TPSA) is 79.5 Å². The van der Waals surface area contributed by atoms with Gasteiger partial charge in [0.2, 0.25) is 11.8 Å². The molecule has 0 radical (unpaired) electrons. The van der Waals surface area contributed by atoms with Gasteiger partial charge in [-0.2, -0.15) is 0 Å². The van der Waals surface area contributed by atoms with Crippen molar-refractivity contribution in [1.82, 2.24) is 9.88 Å². The van der Waals surface area contributed by atoms with E-state index in [1.807, 2.05) is 17.0 Å². The van der Waals surface area contributed by atoms with Gasteiger partial charge in [0, 0.05) is 55.6 Å². The number of anilines is 1. The number of aromatic nitrogens is 1. The minimum atomic E-state index is -0.439. The zero-order chi connectivity index (χ0) is 15.7. The van der Waals surface area contributed by atoms with Gasteiger partial charge in [0.1, 0.15) is 0 Å². The van der Waals surface area contributed by atoms with Crippen LogP contribution in [-0.4, -0.2) is 47.9 Å². The maximum absolute atomic E-state index is 11.4. The summed E-state index contributed by atoms with van der Waals surface area (Å²) in [5.41, 5.74) is 6.84. The molecule has 0 aliphatic carbocycles. The largest absolute Gasteiger partial charge is 0.366 e. The maximum Gasteiger partial charge on any atom is 0.248 e. The fourth-order valence-electron chi connectivity index (χ4n) is 2.82. The van der Waals surface area contributed by atoms with Gasteiger partial charge in [0.25, 0.3) is 0 Å². The molecule has 2 aromatic rings. The number of fused-ring (bicyclic) bond motifs is 1. The number of nitrogens with zero attached hydrogens (tertiary/aromatic N) is 3. The van der Waals surface area contributed by atoms with Gasteiger partial charge in [-0.15, -0.1) is 0 Å². The Morgan fingerprint density at radius 1 is 1.14 bits per heavy atom. The van der Waals surface area contributed by atoms with Crippen LogP contribution in [0.2, 0.25) is 0 Å². The SMILES string of the molecule is CC(=O)N1CCN(c2cncc3ccc(C(N)=O)cc23)CC1. The molecule has 6 nitrogen and oxygen atoms in total. The van der Waals surface area contributed by atoms with Crippen molar-refractivity contribution in [2.75, 3.05) is 31.1 Å². The Morgan fingerprint density at radius 2 is 1.86 bits per heavy atom. The number of piperazine rings is 1. The fourth-order valence-corrected chi connectivity index (χ4v) is 2.82. The summed E-state index contributed by atoms with van der Waals surface area (Å²) >= 11 is 0. The van der Waals surface area contributed by atoms with Crippen molar-refractivity contribution < 1.29 is 9.59 Å².